The Morgan fingerprint density at radius 3 is 1.95 bits per heavy atom. The van der Waals surface area contributed by atoms with Crippen LogP contribution in [-0.2, 0) is 4.79 Å². The zero-order valence-electron chi connectivity index (χ0n) is 12.2. The van der Waals surface area contributed by atoms with Gasteiger partial charge >= 0.3 is 0 Å². The van der Waals surface area contributed by atoms with Gasteiger partial charge in [0, 0.05) is 18.4 Å². The van der Waals surface area contributed by atoms with Gasteiger partial charge in [0.1, 0.15) is 0 Å². The van der Waals surface area contributed by atoms with Crippen molar-refractivity contribution in [2.24, 2.45) is 5.92 Å². The Morgan fingerprint density at radius 2 is 1.43 bits per heavy atom. The Morgan fingerprint density at radius 1 is 0.905 bits per heavy atom. The largest absolute Gasteiger partial charge is 0.349 e. The molecule has 0 aliphatic rings. The fourth-order valence-electron chi connectivity index (χ4n) is 2.39. The molecule has 0 saturated heterocycles. The quantitative estimate of drug-likeness (QED) is 0.854. The van der Waals surface area contributed by atoms with Crippen LogP contribution in [-0.4, -0.2) is 11.7 Å². The third kappa shape index (κ3) is 3.78. The van der Waals surface area contributed by atoms with Crippen molar-refractivity contribution in [2.45, 2.75) is 19.9 Å². The molecule has 2 aromatic rings. The van der Waals surface area contributed by atoms with Crippen LogP contribution < -0.4 is 5.32 Å². The zero-order valence-corrected chi connectivity index (χ0v) is 12.2. The minimum atomic E-state index is -0.335. The van der Waals surface area contributed by atoms with Gasteiger partial charge in [0.15, 0.2) is 5.78 Å². The predicted octanol–water partition coefficient (Wildman–Crippen LogP) is 3.38. The lowest BCUT2D eigenvalue weighted by Crippen LogP contribution is -2.34. The number of hydrogen-bond donors (Lipinski definition) is 1. The van der Waals surface area contributed by atoms with Gasteiger partial charge in [0.25, 0.3) is 0 Å². The maximum absolute atomic E-state index is 12.6. The maximum Gasteiger partial charge on any atom is 0.217 e. The van der Waals surface area contributed by atoms with E-state index >= 15 is 0 Å². The molecule has 1 amide bonds. The molecular formula is C18H19NO2. The first-order valence-corrected chi connectivity index (χ1v) is 7.01. The van der Waals surface area contributed by atoms with Crippen LogP contribution in [0.4, 0.5) is 0 Å². The third-order valence-corrected chi connectivity index (χ3v) is 3.49. The number of carbonyl (C=O) groups excluding carboxylic acids is 2. The molecule has 108 valence electrons. The normalized spacial score (nSPS) is 13.2. The number of Topliss-reactive ketones (excluding diaryl/α,β-unsaturated/α-hetero) is 1. The minimum absolute atomic E-state index is 0.0261. The lowest BCUT2D eigenvalue weighted by atomic mass is 9.88. The summed E-state index contributed by atoms with van der Waals surface area (Å²) in [4.78, 5) is 24.1. The highest BCUT2D eigenvalue weighted by Gasteiger charge is 2.26. The molecule has 0 aliphatic carbocycles. The van der Waals surface area contributed by atoms with Crippen molar-refractivity contribution in [3.63, 3.8) is 0 Å². The van der Waals surface area contributed by atoms with E-state index in [0.29, 0.717) is 5.56 Å². The summed E-state index contributed by atoms with van der Waals surface area (Å²) >= 11 is 0. The first-order chi connectivity index (χ1) is 10.1. The van der Waals surface area contributed by atoms with E-state index in [1.165, 1.54) is 6.92 Å². The summed E-state index contributed by atoms with van der Waals surface area (Å²) in [6, 6.07) is 18.4. The van der Waals surface area contributed by atoms with E-state index in [9.17, 15) is 9.59 Å². The van der Waals surface area contributed by atoms with Gasteiger partial charge in [-0.1, -0.05) is 67.6 Å². The number of nitrogens with one attached hydrogen (secondary N) is 1. The maximum atomic E-state index is 12.6. The SMILES string of the molecule is CC(=O)N[C@H](c1ccccc1)[C@@H](C)C(=O)c1ccccc1. The van der Waals surface area contributed by atoms with Crippen LogP contribution in [0.1, 0.15) is 35.8 Å². The summed E-state index contributed by atoms with van der Waals surface area (Å²) in [7, 11) is 0. The lowest BCUT2D eigenvalue weighted by Gasteiger charge is -2.24. The van der Waals surface area contributed by atoms with Gasteiger partial charge in [-0.3, -0.25) is 9.59 Å². The molecule has 3 heteroatoms. The molecule has 0 heterocycles. The second-order valence-corrected chi connectivity index (χ2v) is 5.11. The van der Waals surface area contributed by atoms with Gasteiger partial charge in [0.05, 0.1) is 6.04 Å². The highest BCUT2D eigenvalue weighted by Crippen LogP contribution is 2.25. The zero-order chi connectivity index (χ0) is 15.2. The number of benzene rings is 2. The van der Waals surface area contributed by atoms with Crippen LogP contribution >= 0.6 is 0 Å². The smallest absolute Gasteiger partial charge is 0.217 e. The van der Waals surface area contributed by atoms with Gasteiger partial charge in [-0.2, -0.15) is 0 Å². The first-order valence-electron chi connectivity index (χ1n) is 7.01. The first kappa shape index (κ1) is 15.0. The van der Waals surface area contributed by atoms with Crippen LogP contribution in [0, 0.1) is 5.92 Å². The number of carbonyl (C=O) groups is 2. The molecule has 0 aliphatic heterocycles. The molecule has 0 fully saturated rings. The Bertz CT molecular complexity index is 608. The molecule has 0 unspecified atom stereocenters. The molecule has 2 rings (SSSR count). The monoisotopic (exact) mass is 281 g/mol. The topological polar surface area (TPSA) is 46.2 Å². The van der Waals surface area contributed by atoms with Crippen LogP contribution in [0.25, 0.3) is 0 Å². The molecule has 2 atom stereocenters. The van der Waals surface area contributed by atoms with E-state index in [4.69, 9.17) is 0 Å². The van der Waals surface area contributed by atoms with Gasteiger partial charge in [0.2, 0.25) is 5.91 Å². The van der Waals surface area contributed by atoms with Crippen molar-refractivity contribution in [3.8, 4) is 0 Å². The Balaban J connectivity index is 2.28. The molecule has 0 bridgehead atoms. The minimum Gasteiger partial charge on any atom is -0.349 e. The standard InChI is InChI=1S/C18H19NO2/c1-13(18(21)16-11-7-4-8-12-16)17(19-14(2)20)15-9-5-3-6-10-15/h3-13,17H,1-2H3,(H,19,20)/t13-,17+/m1/s1. The Hall–Kier alpha value is -2.42. The molecule has 1 N–H and O–H groups in total. The summed E-state index contributed by atoms with van der Waals surface area (Å²) in [6.07, 6.45) is 0. The predicted molar refractivity (Wildman–Crippen MR) is 82.9 cm³/mol. The summed E-state index contributed by atoms with van der Waals surface area (Å²) in [6.45, 7) is 3.32. The van der Waals surface area contributed by atoms with Crippen molar-refractivity contribution in [1.29, 1.82) is 0 Å². The van der Waals surface area contributed by atoms with Gasteiger partial charge in [-0.25, -0.2) is 0 Å². The average Bonchev–Trinajstić information content (AvgIpc) is 2.53. The summed E-state index contributed by atoms with van der Waals surface area (Å²) < 4.78 is 0. The molecular weight excluding hydrogens is 262 g/mol. The van der Waals surface area contributed by atoms with E-state index in [-0.39, 0.29) is 23.7 Å². The van der Waals surface area contributed by atoms with Crippen molar-refractivity contribution in [2.75, 3.05) is 0 Å². The number of ketones is 1. The number of hydrogen-bond acceptors (Lipinski definition) is 2. The Labute approximate surface area is 125 Å². The second kappa shape index (κ2) is 6.84. The summed E-state index contributed by atoms with van der Waals surface area (Å²) in [5.74, 6) is -0.450. The van der Waals surface area contributed by atoms with E-state index < -0.39 is 0 Å². The molecule has 0 aromatic heterocycles. The second-order valence-electron chi connectivity index (χ2n) is 5.11. The van der Waals surface area contributed by atoms with Crippen molar-refractivity contribution >= 4 is 11.7 Å². The average molecular weight is 281 g/mol. The van der Waals surface area contributed by atoms with Crippen molar-refractivity contribution in [1.82, 2.24) is 5.32 Å². The van der Waals surface area contributed by atoms with Crippen LogP contribution in [0.2, 0.25) is 0 Å². The fraction of sp³-hybridized carbons (Fsp3) is 0.222. The molecule has 2 aromatic carbocycles. The van der Waals surface area contributed by atoms with Crippen molar-refractivity contribution in [3.05, 3.63) is 71.8 Å². The molecule has 0 radical (unpaired) electrons. The lowest BCUT2D eigenvalue weighted by molar-refractivity contribution is -0.119. The van der Waals surface area contributed by atoms with Gasteiger partial charge < -0.3 is 5.32 Å². The third-order valence-electron chi connectivity index (χ3n) is 3.49. The molecule has 0 spiro atoms. The molecule has 0 saturated carbocycles. The number of amides is 1. The van der Waals surface area contributed by atoms with E-state index in [1.54, 1.807) is 12.1 Å². The summed E-state index contributed by atoms with van der Waals surface area (Å²) in [5.41, 5.74) is 1.60. The summed E-state index contributed by atoms with van der Waals surface area (Å²) in [5, 5.41) is 2.89. The highest BCUT2D eigenvalue weighted by atomic mass is 16.1. The van der Waals surface area contributed by atoms with E-state index in [2.05, 4.69) is 5.32 Å². The highest BCUT2D eigenvalue weighted by molar-refractivity contribution is 5.98. The van der Waals surface area contributed by atoms with Gasteiger partial charge in [-0.05, 0) is 5.56 Å². The Kier molecular flexibility index (Phi) is 4.88. The number of rotatable bonds is 5. The van der Waals surface area contributed by atoms with Crippen LogP contribution in [0.5, 0.6) is 0 Å². The van der Waals surface area contributed by atoms with E-state index in [0.717, 1.165) is 5.56 Å². The molecule has 21 heavy (non-hydrogen) atoms. The van der Waals surface area contributed by atoms with E-state index in [1.807, 2.05) is 55.5 Å². The van der Waals surface area contributed by atoms with Crippen LogP contribution in [0.15, 0.2) is 60.7 Å². The van der Waals surface area contributed by atoms with Crippen molar-refractivity contribution < 1.29 is 9.59 Å². The fourth-order valence-corrected chi connectivity index (χ4v) is 2.39. The van der Waals surface area contributed by atoms with Crippen LogP contribution in [0.3, 0.4) is 0 Å². The molecule has 3 nitrogen and oxygen atoms in total. The van der Waals surface area contributed by atoms with Gasteiger partial charge in [-0.15, -0.1) is 0 Å².